The van der Waals surface area contributed by atoms with E-state index in [1.165, 1.54) is 0 Å². The van der Waals surface area contributed by atoms with Crippen LogP contribution in [-0.2, 0) is 9.47 Å². The third-order valence-electron chi connectivity index (χ3n) is 3.27. The zero-order valence-electron chi connectivity index (χ0n) is 10.9. The van der Waals surface area contributed by atoms with E-state index in [4.69, 9.17) is 9.47 Å². The number of carbonyl (C=O) groups excluding carboxylic acids is 1. The molecule has 2 aliphatic heterocycles. The SMILES string of the molecule is CC(C)(C)OC(=O)N1CCOCCC12CNC2. The van der Waals surface area contributed by atoms with Crippen molar-refractivity contribution >= 4 is 6.09 Å². The normalized spacial score (nSPS) is 24.1. The molecule has 2 heterocycles. The van der Waals surface area contributed by atoms with Crippen LogP contribution in [0.4, 0.5) is 4.79 Å². The first-order valence-corrected chi connectivity index (χ1v) is 6.22. The Labute approximate surface area is 102 Å². The van der Waals surface area contributed by atoms with E-state index in [9.17, 15) is 4.79 Å². The first-order valence-electron chi connectivity index (χ1n) is 6.22. The molecule has 5 heteroatoms. The molecule has 2 aliphatic rings. The van der Waals surface area contributed by atoms with Crippen LogP contribution in [0.1, 0.15) is 27.2 Å². The van der Waals surface area contributed by atoms with Gasteiger partial charge in [0, 0.05) is 26.2 Å². The lowest BCUT2D eigenvalue weighted by Gasteiger charge is -2.49. The maximum absolute atomic E-state index is 12.2. The topological polar surface area (TPSA) is 50.8 Å². The molecule has 2 fully saturated rings. The van der Waals surface area contributed by atoms with Gasteiger partial charge in [-0.15, -0.1) is 0 Å². The van der Waals surface area contributed by atoms with Crippen LogP contribution in [0.5, 0.6) is 0 Å². The van der Waals surface area contributed by atoms with Gasteiger partial charge in [-0.25, -0.2) is 4.79 Å². The Balaban J connectivity index is 2.07. The highest BCUT2D eigenvalue weighted by atomic mass is 16.6. The zero-order chi connectivity index (χ0) is 12.5. The number of hydrogen-bond donors (Lipinski definition) is 1. The summed E-state index contributed by atoms with van der Waals surface area (Å²) in [7, 11) is 0. The van der Waals surface area contributed by atoms with Crippen LogP contribution in [0.2, 0.25) is 0 Å². The molecule has 0 atom stereocenters. The standard InChI is InChI=1S/C12H22N2O3/c1-11(2,3)17-10(15)14-5-7-16-6-4-12(14)8-13-9-12/h13H,4-9H2,1-3H3. The monoisotopic (exact) mass is 242 g/mol. The number of amides is 1. The summed E-state index contributed by atoms with van der Waals surface area (Å²) < 4.78 is 10.9. The molecular weight excluding hydrogens is 220 g/mol. The highest BCUT2D eigenvalue weighted by molar-refractivity contribution is 5.69. The van der Waals surface area contributed by atoms with Gasteiger partial charge in [-0.05, 0) is 27.2 Å². The van der Waals surface area contributed by atoms with Crippen molar-refractivity contribution in [2.45, 2.75) is 38.3 Å². The van der Waals surface area contributed by atoms with Gasteiger partial charge in [0.1, 0.15) is 5.60 Å². The van der Waals surface area contributed by atoms with Gasteiger partial charge in [-0.3, -0.25) is 4.90 Å². The lowest BCUT2D eigenvalue weighted by atomic mass is 9.87. The van der Waals surface area contributed by atoms with Gasteiger partial charge >= 0.3 is 6.09 Å². The van der Waals surface area contributed by atoms with E-state index in [1.54, 1.807) is 0 Å². The van der Waals surface area contributed by atoms with Crippen molar-refractivity contribution in [3.05, 3.63) is 0 Å². The maximum Gasteiger partial charge on any atom is 0.410 e. The second-order valence-corrected chi connectivity index (χ2v) is 5.82. The second-order valence-electron chi connectivity index (χ2n) is 5.82. The number of hydrogen-bond acceptors (Lipinski definition) is 4. The molecule has 98 valence electrons. The summed E-state index contributed by atoms with van der Waals surface area (Å²) in [6.45, 7) is 9.31. The van der Waals surface area contributed by atoms with Crippen LogP contribution in [0.15, 0.2) is 0 Å². The Morgan fingerprint density at radius 2 is 2.06 bits per heavy atom. The average Bonchev–Trinajstić information content (AvgIpc) is 2.35. The lowest BCUT2D eigenvalue weighted by molar-refractivity contribution is -0.0159. The van der Waals surface area contributed by atoms with Crippen molar-refractivity contribution in [1.29, 1.82) is 0 Å². The van der Waals surface area contributed by atoms with Crippen LogP contribution >= 0.6 is 0 Å². The molecule has 2 rings (SSSR count). The smallest absolute Gasteiger partial charge is 0.410 e. The maximum atomic E-state index is 12.2. The van der Waals surface area contributed by atoms with E-state index in [0.29, 0.717) is 13.2 Å². The molecule has 0 aromatic rings. The fraction of sp³-hybridized carbons (Fsp3) is 0.917. The lowest BCUT2D eigenvalue weighted by Crippen LogP contribution is -2.70. The summed E-state index contributed by atoms with van der Waals surface area (Å²) in [5.41, 5.74) is -0.526. The van der Waals surface area contributed by atoms with Crippen LogP contribution in [0.3, 0.4) is 0 Å². The number of ether oxygens (including phenoxy) is 2. The van der Waals surface area contributed by atoms with Gasteiger partial charge in [0.05, 0.1) is 12.1 Å². The largest absolute Gasteiger partial charge is 0.444 e. The first-order chi connectivity index (χ1) is 7.93. The number of rotatable bonds is 0. The van der Waals surface area contributed by atoms with Crippen LogP contribution < -0.4 is 5.32 Å². The van der Waals surface area contributed by atoms with Crippen molar-refractivity contribution in [3.8, 4) is 0 Å². The second kappa shape index (κ2) is 4.46. The van der Waals surface area contributed by atoms with Gasteiger partial charge in [-0.1, -0.05) is 0 Å². The third-order valence-corrected chi connectivity index (χ3v) is 3.27. The summed E-state index contributed by atoms with van der Waals surface area (Å²) in [6.07, 6.45) is 0.670. The highest BCUT2D eigenvalue weighted by Gasteiger charge is 2.46. The fourth-order valence-electron chi connectivity index (χ4n) is 2.28. The summed E-state index contributed by atoms with van der Waals surface area (Å²) in [5.74, 6) is 0. The van der Waals surface area contributed by atoms with Crippen molar-refractivity contribution in [1.82, 2.24) is 10.2 Å². The third kappa shape index (κ3) is 2.72. The van der Waals surface area contributed by atoms with Crippen molar-refractivity contribution in [2.75, 3.05) is 32.8 Å². The average molecular weight is 242 g/mol. The fourth-order valence-corrected chi connectivity index (χ4v) is 2.28. The number of nitrogens with zero attached hydrogens (tertiary/aromatic N) is 1. The Morgan fingerprint density at radius 1 is 1.35 bits per heavy atom. The quantitative estimate of drug-likeness (QED) is 0.688. The summed E-state index contributed by atoms with van der Waals surface area (Å²) >= 11 is 0. The minimum absolute atomic E-state index is 0.0845. The van der Waals surface area contributed by atoms with E-state index < -0.39 is 5.60 Å². The Hall–Kier alpha value is -0.810. The minimum atomic E-state index is -0.442. The van der Waals surface area contributed by atoms with Crippen molar-refractivity contribution in [2.24, 2.45) is 0 Å². The predicted molar refractivity (Wildman–Crippen MR) is 64.0 cm³/mol. The summed E-state index contributed by atoms with van der Waals surface area (Å²) in [5, 5.41) is 3.24. The van der Waals surface area contributed by atoms with E-state index >= 15 is 0 Å². The van der Waals surface area contributed by atoms with Crippen molar-refractivity contribution in [3.63, 3.8) is 0 Å². The molecule has 0 bridgehead atoms. The molecule has 0 aromatic carbocycles. The molecular formula is C12H22N2O3. The molecule has 0 radical (unpaired) electrons. The van der Waals surface area contributed by atoms with Gasteiger partial charge in [0.2, 0.25) is 0 Å². The zero-order valence-corrected chi connectivity index (χ0v) is 10.9. The molecule has 0 aromatic heterocycles. The molecule has 0 aliphatic carbocycles. The van der Waals surface area contributed by atoms with E-state index in [0.717, 1.165) is 26.1 Å². The first kappa shape index (κ1) is 12.6. The molecule has 1 N–H and O–H groups in total. The van der Waals surface area contributed by atoms with Gasteiger partial charge in [0.15, 0.2) is 0 Å². The van der Waals surface area contributed by atoms with Crippen molar-refractivity contribution < 1.29 is 14.3 Å². The van der Waals surface area contributed by atoms with Gasteiger partial charge in [0.25, 0.3) is 0 Å². The Kier molecular flexibility index (Phi) is 3.32. The molecule has 1 amide bonds. The Bertz CT molecular complexity index is 295. The number of nitrogens with one attached hydrogen (secondary N) is 1. The molecule has 2 saturated heterocycles. The van der Waals surface area contributed by atoms with E-state index in [1.807, 2.05) is 25.7 Å². The minimum Gasteiger partial charge on any atom is -0.444 e. The molecule has 1 spiro atoms. The molecule has 0 saturated carbocycles. The molecule has 17 heavy (non-hydrogen) atoms. The number of carbonyl (C=O) groups is 1. The van der Waals surface area contributed by atoms with E-state index in [2.05, 4.69) is 5.32 Å². The Morgan fingerprint density at radius 3 is 2.59 bits per heavy atom. The highest BCUT2D eigenvalue weighted by Crippen LogP contribution is 2.28. The predicted octanol–water partition coefficient (Wildman–Crippen LogP) is 0.986. The summed E-state index contributed by atoms with van der Waals surface area (Å²) in [6, 6.07) is 0. The van der Waals surface area contributed by atoms with E-state index in [-0.39, 0.29) is 11.6 Å². The van der Waals surface area contributed by atoms with Crippen LogP contribution in [0.25, 0.3) is 0 Å². The van der Waals surface area contributed by atoms with Gasteiger partial charge in [-0.2, -0.15) is 0 Å². The molecule has 5 nitrogen and oxygen atoms in total. The van der Waals surface area contributed by atoms with Gasteiger partial charge < -0.3 is 14.8 Å². The summed E-state index contributed by atoms with van der Waals surface area (Å²) in [4.78, 5) is 14.0. The molecule has 0 unspecified atom stereocenters. The van der Waals surface area contributed by atoms with Crippen LogP contribution in [-0.4, -0.2) is 55.0 Å². The van der Waals surface area contributed by atoms with Crippen LogP contribution in [0, 0.1) is 0 Å².